The van der Waals surface area contributed by atoms with Crippen molar-refractivity contribution < 1.29 is 63.0 Å². The highest BCUT2D eigenvalue weighted by atomic mass is 16.6. The largest absolute Gasteiger partial charge is 0.481 e. The lowest BCUT2D eigenvalue weighted by molar-refractivity contribution is -0.343. The van der Waals surface area contributed by atoms with E-state index >= 15 is 0 Å². The van der Waals surface area contributed by atoms with E-state index < -0.39 is 88.6 Å². The number of carbonyl (C=O) groups excluding carboxylic acids is 5. The highest BCUT2D eigenvalue weighted by molar-refractivity contribution is 5.95. The normalized spacial score (nSPS) is 27.9. The van der Waals surface area contributed by atoms with Crippen LogP contribution in [-0.2, 0) is 42.9 Å². The predicted octanol–water partition coefficient (Wildman–Crippen LogP) is 6.08. The summed E-state index contributed by atoms with van der Waals surface area (Å²) in [6, 6.07) is 17.3. The first-order valence-electron chi connectivity index (χ1n) is 21.1. The number of benzene rings is 2. The number of hydrogen-bond donors (Lipinski definition) is 4. The Kier molecular flexibility index (Phi) is 15.2. The van der Waals surface area contributed by atoms with E-state index in [1.165, 1.54) is 13.8 Å². The molecule has 8 atom stereocenters. The van der Waals surface area contributed by atoms with Gasteiger partial charge in [-0.1, -0.05) is 97.8 Å². The molecular weight excluding hydrogens is 811 g/mol. The van der Waals surface area contributed by atoms with Crippen LogP contribution in [0.1, 0.15) is 103 Å². The summed E-state index contributed by atoms with van der Waals surface area (Å²) in [5.41, 5.74) is -2.59. The molecule has 1 amide bonds. The fraction of sp³-hybridized carbons (Fsp3) is 0.469. The molecule has 0 aromatic heterocycles. The molecule has 2 aromatic rings. The molecule has 4 aliphatic rings. The Bertz CT molecular complexity index is 2180. The fourth-order valence-corrected chi connectivity index (χ4v) is 9.28. The Hall–Kier alpha value is -5.70. The summed E-state index contributed by atoms with van der Waals surface area (Å²) < 4.78 is 23.2. The van der Waals surface area contributed by atoms with Gasteiger partial charge in [0.15, 0.2) is 18.0 Å². The molecule has 5 unspecified atom stereocenters. The van der Waals surface area contributed by atoms with E-state index in [0.717, 1.165) is 23.6 Å². The van der Waals surface area contributed by atoms with Crippen LogP contribution in [0, 0.1) is 16.7 Å². The van der Waals surface area contributed by atoms with E-state index in [-0.39, 0.29) is 37.3 Å². The van der Waals surface area contributed by atoms with Crippen LogP contribution < -0.4 is 5.32 Å². The van der Waals surface area contributed by atoms with E-state index in [2.05, 4.69) is 5.32 Å². The number of amides is 1. The summed E-state index contributed by atoms with van der Waals surface area (Å²) in [4.78, 5) is 75.4. The van der Waals surface area contributed by atoms with Gasteiger partial charge in [0.05, 0.1) is 42.1 Å². The monoisotopic (exact) mass is 869 g/mol. The number of aliphatic hydroxyl groups is 2. The maximum Gasteiger partial charge on any atom is 0.338 e. The molecule has 1 saturated heterocycles. The zero-order valence-electron chi connectivity index (χ0n) is 36.9. The summed E-state index contributed by atoms with van der Waals surface area (Å²) in [7, 11) is 0. The summed E-state index contributed by atoms with van der Waals surface area (Å²) >= 11 is 0. The molecule has 2 aromatic carbocycles. The topological polar surface area (TPSA) is 212 Å². The Labute approximate surface area is 368 Å². The number of carbonyl (C=O) groups is 6. The van der Waals surface area contributed by atoms with Crippen LogP contribution in [0.4, 0.5) is 0 Å². The quantitative estimate of drug-likeness (QED) is 0.102. The number of aliphatic hydroxyl groups excluding tert-OH is 1. The van der Waals surface area contributed by atoms with Gasteiger partial charge >= 0.3 is 23.9 Å². The van der Waals surface area contributed by atoms with E-state index in [9.17, 15) is 39.0 Å². The number of aliphatic carboxylic acids is 1. The van der Waals surface area contributed by atoms with Crippen LogP contribution in [0.2, 0.25) is 0 Å². The zero-order chi connectivity index (χ0) is 46.3. The summed E-state index contributed by atoms with van der Waals surface area (Å²) in [6.45, 7) is 10.7. The SMILES string of the molecule is CC(=O)OCC(=O)[C@@]1(C)C(O)CC2OC[C@@]2(OC(C)=O)C1[C@H](OC(=O)C1=CC=CCC=C1)C1(O)CCC(C)=C(C)C1(C)C.O=C(O)CC(NC(=O)c1ccccc1)c1ccccc1. The van der Waals surface area contributed by atoms with Gasteiger partial charge in [-0.05, 0) is 63.8 Å². The molecule has 338 valence electrons. The van der Waals surface area contributed by atoms with Gasteiger partial charge in [0, 0.05) is 31.2 Å². The summed E-state index contributed by atoms with van der Waals surface area (Å²) in [5, 5.41) is 36.2. The molecule has 4 N–H and O–H groups in total. The number of hydrogen-bond acceptors (Lipinski definition) is 12. The molecule has 63 heavy (non-hydrogen) atoms. The van der Waals surface area contributed by atoms with Crippen molar-refractivity contribution in [3.63, 3.8) is 0 Å². The lowest BCUT2D eigenvalue weighted by atomic mass is 9.48. The number of ether oxygens (including phenoxy) is 4. The Morgan fingerprint density at radius 3 is 2.16 bits per heavy atom. The Morgan fingerprint density at radius 2 is 1.57 bits per heavy atom. The molecule has 6 rings (SSSR count). The van der Waals surface area contributed by atoms with Crippen molar-refractivity contribution in [2.45, 2.75) is 116 Å². The molecule has 0 spiro atoms. The van der Waals surface area contributed by atoms with E-state index in [1.54, 1.807) is 60.7 Å². The minimum absolute atomic E-state index is 0.0642. The maximum atomic E-state index is 14.1. The van der Waals surface area contributed by atoms with Gasteiger partial charge < -0.3 is 39.6 Å². The first-order valence-corrected chi connectivity index (χ1v) is 21.1. The third-order valence-electron chi connectivity index (χ3n) is 13.4. The second-order valence-electron chi connectivity index (χ2n) is 17.4. The third kappa shape index (κ3) is 10.1. The van der Waals surface area contributed by atoms with Crippen LogP contribution >= 0.6 is 0 Å². The lowest BCUT2D eigenvalue weighted by Crippen LogP contribution is -2.80. The van der Waals surface area contributed by atoms with Crippen molar-refractivity contribution in [3.05, 3.63) is 119 Å². The summed E-state index contributed by atoms with van der Waals surface area (Å²) in [6.07, 6.45) is 6.01. The van der Waals surface area contributed by atoms with Gasteiger partial charge in [0.1, 0.15) is 17.8 Å². The first-order chi connectivity index (χ1) is 29.7. The number of carboxylic acid groups (broad SMARTS) is 1. The van der Waals surface area contributed by atoms with Gasteiger partial charge in [-0.25, -0.2) is 4.79 Å². The van der Waals surface area contributed by atoms with Crippen molar-refractivity contribution in [2.24, 2.45) is 16.7 Å². The molecular formula is C49H59NO13. The van der Waals surface area contributed by atoms with E-state index in [0.29, 0.717) is 18.4 Å². The molecule has 3 aliphatic carbocycles. The van der Waals surface area contributed by atoms with Gasteiger partial charge in [0.2, 0.25) is 0 Å². The number of esters is 3. The van der Waals surface area contributed by atoms with Crippen LogP contribution in [-0.4, -0.2) is 93.6 Å². The predicted molar refractivity (Wildman–Crippen MR) is 231 cm³/mol. The Morgan fingerprint density at radius 1 is 0.921 bits per heavy atom. The minimum Gasteiger partial charge on any atom is -0.481 e. The molecule has 14 heteroatoms. The smallest absolute Gasteiger partial charge is 0.338 e. The number of fused-ring (bicyclic) bond motifs is 1. The second-order valence-corrected chi connectivity index (χ2v) is 17.4. The number of ketones is 1. The molecule has 0 radical (unpaired) electrons. The maximum absolute atomic E-state index is 14.1. The molecule has 1 heterocycles. The molecule has 1 saturated carbocycles. The first kappa shape index (κ1) is 48.3. The van der Waals surface area contributed by atoms with Crippen molar-refractivity contribution in [3.8, 4) is 0 Å². The van der Waals surface area contributed by atoms with Crippen molar-refractivity contribution >= 4 is 35.6 Å². The molecule has 0 bridgehead atoms. The van der Waals surface area contributed by atoms with Gasteiger partial charge in [0.25, 0.3) is 5.91 Å². The van der Waals surface area contributed by atoms with Crippen molar-refractivity contribution in [2.75, 3.05) is 13.2 Å². The standard InChI is InChI=1S/C33H44O10.C16H15NO3/c1-19-14-15-33(39,30(5,6)20(19)2)28(42-29(38)23-12-10-8-9-11-13-23)27-31(7,25(37)17-40-21(3)34)24(36)16-26-32(27,18-41-26)43-22(4)35;18-15(19)11-14(12-7-3-1-4-8-12)17-16(20)13-9-5-2-6-10-13/h8,10-13,24,26-28,36,39H,9,14-18H2,1-7H3;1-10,14H,11H2,(H,17,20)(H,18,19)/t24?,26?,27?,28-,31+,32-,33?;/m0./s1. The van der Waals surface area contributed by atoms with Crippen LogP contribution in [0.3, 0.4) is 0 Å². The lowest BCUT2D eigenvalue weighted by Gasteiger charge is -2.65. The van der Waals surface area contributed by atoms with Crippen molar-refractivity contribution in [1.29, 1.82) is 0 Å². The molecule has 2 fully saturated rings. The molecule has 14 nitrogen and oxygen atoms in total. The van der Waals surface area contributed by atoms with Crippen LogP contribution in [0.25, 0.3) is 0 Å². The fourth-order valence-electron chi connectivity index (χ4n) is 9.28. The Balaban J connectivity index is 0.000000311. The number of allylic oxidation sites excluding steroid dienone is 5. The van der Waals surface area contributed by atoms with Crippen molar-refractivity contribution in [1.82, 2.24) is 5.32 Å². The minimum atomic E-state index is -1.79. The number of carboxylic acids is 1. The van der Waals surface area contributed by atoms with Crippen LogP contribution in [0.5, 0.6) is 0 Å². The van der Waals surface area contributed by atoms with Gasteiger partial charge in [-0.3, -0.25) is 24.0 Å². The molecule has 1 aliphatic heterocycles. The highest BCUT2D eigenvalue weighted by Crippen LogP contribution is 2.61. The van der Waals surface area contributed by atoms with Crippen LogP contribution in [0.15, 0.2) is 108 Å². The number of nitrogens with one attached hydrogen (secondary N) is 1. The van der Waals surface area contributed by atoms with E-state index in [4.69, 9.17) is 24.1 Å². The van der Waals surface area contributed by atoms with Gasteiger partial charge in [-0.15, -0.1) is 0 Å². The second kappa shape index (κ2) is 19.8. The number of rotatable bonds is 13. The average Bonchev–Trinajstić information content (AvgIpc) is 3.54. The number of Topliss-reactive ketones (excluding diaryl/α,β-unsaturated/α-hetero) is 1. The van der Waals surface area contributed by atoms with E-state index in [1.807, 2.05) is 58.0 Å². The highest BCUT2D eigenvalue weighted by Gasteiger charge is 2.75. The summed E-state index contributed by atoms with van der Waals surface area (Å²) in [5.74, 6) is -5.26. The average molecular weight is 870 g/mol. The third-order valence-corrected chi connectivity index (χ3v) is 13.4. The zero-order valence-corrected chi connectivity index (χ0v) is 36.9. The van der Waals surface area contributed by atoms with Gasteiger partial charge in [-0.2, -0.15) is 0 Å².